The second-order valence-corrected chi connectivity index (χ2v) is 6.58. The molecule has 0 atom stereocenters. The van der Waals surface area contributed by atoms with Crippen molar-refractivity contribution in [2.75, 3.05) is 12.8 Å². The van der Waals surface area contributed by atoms with Crippen LogP contribution in [0.15, 0.2) is 53.0 Å². The number of aromatic nitrogens is 1. The number of hydrogen-bond acceptors (Lipinski definition) is 4. The minimum absolute atomic E-state index is 0.182. The summed E-state index contributed by atoms with van der Waals surface area (Å²) < 4.78 is 6.05. The molecule has 0 radical (unpaired) electrons. The zero-order valence-electron chi connectivity index (χ0n) is 13.3. The summed E-state index contributed by atoms with van der Waals surface area (Å²) in [5.74, 6) is 0.890. The third-order valence-corrected chi connectivity index (χ3v) is 4.60. The largest absolute Gasteiger partial charge is 0.496 e. The van der Waals surface area contributed by atoms with Crippen molar-refractivity contribution in [3.8, 4) is 34.2 Å². The van der Waals surface area contributed by atoms with Crippen LogP contribution in [0.25, 0.3) is 22.4 Å². The van der Waals surface area contributed by atoms with Gasteiger partial charge in [-0.15, -0.1) is 0 Å². The van der Waals surface area contributed by atoms with Crippen LogP contribution < -0.4 is 10.5 Å². The molecule has 0 fully saturated rings. The van der Waals surface area contributed by atoms with E-state index in [4.69, 9.17) is 22.1 Å². The summed E-state index contributed by atoms with van der Waals surface area (Å²) in [6, 6.07) is 16.9. The van der Waals surface area contributed by atoms with E-state index >= 15 is 0 Å². The van der Waals surface area contributed by atoms with Crippen LogP contribution in [0.2, 0.25) is 5.02 Å². The van der Waals surface area contributed by atoms with Gasteiger partial charge in [-0.25, -0.2) is 4.98 Å². The van der Waals surface area contributed by atoms with Gasteiger partial charge in [0.2, 0.25) is 0 Å². The van der Waals surface area contributed by atoms with Crippen LogP contribution in [0.5, 0.6) is 5.75 Å². The number of ether oxygens (including phenoxy) is 1. The molecule has 2 N–H and O–H groups in total. The molecule has 0 bridgehead atoms. The van der Waals surface area contributed by atoms with Gasteiger partial charge in [0.15, 0.2) is 0 Å². The lowest BCUT2D eigenvalue weighted by atomic mass is 9.98. The highest BCUT2D eigenvalue weighted by Gasteiger charge is 2.15. The Bertz CT molecular complexity index is 998. The van der Waals surface area contributed by atoms with Crippen molar-refractivity contribution in [2.45, 2.75) is 0 Å². The Morgan fingerprint density at radius 2 is 1.96 bits per heavy atom. The fourth-order valence-electron chi connectivity index (χ4n) is 2.54. The number of benzene rings is 2. The zero-order chi connectivity index (χ0) is 18.0. The third kappa shape index (κ3) is 3.46. The van der Waals surface area contributed by atoms with Crippen LogP contribution in [0, 0.1) is 11.3 Å². The molecule has 1 heterocycles. The van der Waals surface area contributed by atoms with Gasteiger partial charge in [0.1, 0.15) is 23.2 Å². The minimum atomic E-state index is 0.182. The van der Waals surface area contributed by atoms with E-state index in [2.05, 4.69) is 27.0 Å². The Labute approximate surface area is 159 Å². The second-order valence-electron chi connectivity index (χ2n) is 5.29. The van der Waals surface area contributed by atoms with Crippen LogP contribution in [0.4, 0.5) is 5.82 Å². The topological polar surface area (TPSA) is 71.9 Å². The lowest BCUT2D eigenvalue weighted by molar-refractivity contribution is 0.412. The predicted molar refractivity (Wildman–Crippen MR) is 103 cm³/mol. The SMILES string of the molecule is COc1ccc(-c2cc(-c3cccc(Cl)c3)nc(N)c2C#N)cc1Br. The minimum Gasteiger partial charge on any atom is -0.496 e. The fraction of sp³-hybridized carbons (Fsp3) is 0.0526. The first-order valence-electron chi connectivity index (χ1n) is 7.34. The van der Waals surface area contributed by atoms with Crippen LogP contribution in [0.1, 0.15) is 5.56 Å². The highest BCUT2D eigenvalue weighted by Crippen LogP contribution is 2.35. The number of hydrogen-bond donors (Lipinski definition) is 1. The molecule has 2 aromatic carbocycles. The Morgan fingerprint density at radius 1 is 1.16 bits per heavy atom. The van der Waals surface area contributed by atoms with Crippen molar-refractivity contribution in [3.05, 3.63) is 63.6 Å². The maximum absolute atomic E-state index is 9.51. The smallest absolute Gasteiger partial charge is 0.142 e. The number of nitrogen functional groups attached to an aromatic ring is 1. The van der Waals surface area contributed by atoms with Crippen molar-refractivity contribution >= 4 is 33.3 Å². The monoisotopic (exact) mass is 413 g/mol. The summed E-state index contributed by atoms with van der Waals surface area (Å²) in [6.07, 6.45) is 0. The van der Waals surface area contributed by atoms with Gasteiger partial charge < -0.3 is 10.5 Å². The summed E-state index contributed by atoms with van der Waals surface area (Å²) in [6.45, 7) is 0. The molecule has 0 spiro atoms. The number of methoxy groups -OCH3 is 1. The van der Waals surface area contributed by atoms with Crippen molar-refractivity contribution < 1.29 is 4.74 Å². The number of nitrogens with two attached hydrogens (primary N) is 1. The van der Waals surface area contributed by atoms with E-state index in [0.717, 1.165) is 15.6 Å². The summed E-state index contributed by atoms with van der Waals surface area (Å²) in [5, 5.41) is 10.1. The van der Waals surface area contributed by atoms with Crippen molar-refractivity contribution in [3.63, 3.8) is 0 Å². The fourth-order valence-corrected chi connectivity index (χ4v) is 3.27. The number of rotatable bonds is 3. The summed E-state index contributed by atoms with van der Waals surface area (Å²) in [7, 11) is 1.60. The first-order chi connectivity index (χ1) is 12.0. The first-order valence-corrected chi connectivity index (χ1v) is 8.51. The van der Waals surface area contributed by atoms with Gasteiger partial charge in [-0.3, -0.25) is 0 Å². The maximum atomic E-state index is 9.51. The Balaban J connectivity index is 2.22. The number of nitrogens with zero attached hydrogens (tertiary/aromatic N) is 2. The number of pyridine rings is 1. The van der Waals surface area contributed by atoms with Crippen LogP contribution >= 0.6 is 27.5 Å². The van der Waals surface area contributed by atoms with E-state index in [-0.39, 0.29) is 5.82 Å². The highest BCUT2D eigenvalue weighted by atomic mass is 79.9. The number of nitriles is 1. The van der Waals surface area contributed by atoms with Gasteiger partial charge in [-0.2, -0.15) is 5.26 Å². The maximum Gasteiger partial charge on any atom is 0.142 e. The average Bonchev–Trinajstić information content (AvgIpc) is 2.61. The Kier molecular flexibility index (Phi) is 4.93. The lowest BCUT2D eigenvalue weighted by Crippen LogP contribution is -2.00. The molecule has 3 rings (SSSR count). The van der Waals surface area contributed by atoms with E-state index in [1.807, 2.05) is 42.5 Å². The number of halogens is 2. The molecule has 4 nitrogen and oxygen atoms in total. The highest BCUT2D eigenvalue weighted by molar-refractivity contribution is 9.10. The molecule has 124 valence electrons. The predicted octanol–water partition coefficient (Wildman–Crippen LogP) is 5.29. The first kappa shape index (κ1) is 17.3. The molecule has 0 aliphatic heterocycles. The molecular weight excluding hydrogens is 402 g/mol. The van der Waals surface area contributed by atoms with Crippen molar-refractivity contribution in [2.24, 2.45) is 0 Å². The molecule has 0 aliphatic rings. The van der Waals surface area contributed by atoms with Gasteiger partial charge in [-0.05, 0) is 51.8 Å². The van der Waals surface area contributed by atoms with Crippen molar-refractivity contribution in [1.82, 2.24) is 4.98 Å². The van der Waals surface area contributed by atoms with Crippen LogP contribution in [-0.2, 0) is 0 Å². The molecule has 0 amide bonds. The number of anilines is 1. The Hall–Kier alpha value is -2.55. The molecule has 0 saturated carbocycles. The summed E-state index contributed by atoms with van der Waals surface area (Å²) >= 11 is 9.54. The Morgan fingerprint density at radius 3 is 2.60 bits per heavy atom. The van der Waals surface area contributed by atoms with Gasteiger partial charge in [0, 0.05) is 16.1 Å². The molecule has 6 heteroatoms. The normalized spacial score (nSPS) is 10.3. The van der Waals surface area contributed by atoms with Crippen LogP contribution in [0.3, 0.4) is 0 Å². The quantitative estimate of drug-likeness (QED) is 0.631. The van der Waals surface area contributed by atoms with E-state index in [1.165, 1.54) is 0 Å². The molecule has 0 saturated heterocycles. The standard InChI is InChI=1S/C19H13BrClN3O/c1-25-18-6-5-11(8-16(18)20)14-9-17(24-19(23)15(14)10-22)12-3-2-4-13(21)7-12/h2-9H,1H3,(H2,23,24). The molecule has 1 aromatic heterocycles. The summed E-state index contributed by atoms with van der Waals surface area (Å²) in [5.41, 5.74) is 9.39. The van der Waals surface area contributed by atoms with Crippen molar-refractivity contribution in [1.29, 1.82) is 5.26 Å². The zero-order valence-corrected chi connectivity index (χ0v) is 15.6. The molecule has 0 aliphatic carbocycles. The van der Waals surface area contributed by atoms with E-state index in [1.54, 1.807) is 13.2 Å². The lowest BCUT2D eigenvalue weighted by Gasteiger charge is -2.12. The van der Waals surface area contributed by atoms with E-state index in [0.29, 0.717) is 27.6 Å². The second kappa shape index (κ2) is 7.14. The average molecular weight is 415 g/mol. The molecule has 3 aromatic rings. The van der Waals surface area contributed by atoms with Gasteiger partial charge in [0.25, 0.3) is 0 Å². The van der Waals surface area contributed by atoms with Gasteiger partial charge >= 0.3 is 0 Å². The van der Waals surface area contributed by atoms with Crippen LogP contribution in [-0.4, -0.2) is 12.1 Å². The molecular formula is C19H13BrClN3O. The molecule has 25 heavy (non-hydrogen) atoms. The van der Waals surface area contributed by atoms with E-state index < -0.39 is 0 Å². The van der Waals surface area contributed by atoms with E-state index in [9.17, 15) is 5.26 Å². The van der Waals surface area contributed by atoms with Gasteiger partial charge in [0.05, 0.1) is 17.3 Å². The third-order valence-electron chi connectivity index (χ3n) is 3.74. The summed E-state index contributed by atoms with van der Waals surface area (Å²) in [4.78, 5) is 4.36. The molecule has 0 unspecified atom stereocenters. The van der Waals surface area contributed by atoms with Gasteiger partial charge in [-0.1, -0.05) is 29.8 Å².